The van der Waals surface area contributed by atoms with Crippen LogP contribution in [0.5, 0.6) is 0 Å². The maximum atomic E-state index is 13.7. The van der Waals surface area contributed by atoms with Crippen molar-refractivity contribution in [3.05, 3.63) is 101 Å². The lowest BCUT2D eigenvalue weighted by Crippen LogP contribution is -2.48. The minimum absolute atomic E-state index is 0.163. The van der Waals surface area contributed by atoms with Crippen molar-refractivity contribution in [2.24, 2.45) is 0 Å². The van der Waals surface area contributed by atoms with Gasteiger partial charge in [0, 0.05) is 49.6 Å². The molecule has 39 heavy (non-hydrogen) atoms. The highest BCUT2D eigenvalue weighted by Gasteiger charge is 2.25. The van der Waals surface area contributed by atoms with E-state index in [9.17, 15) is 9.90 Å². The van der Waals surface area contributed by atoms with Crippen LogP contribution in [0.3, 0.4) is 0 Å². The summed E-state index contributed by atoms with van der Waals surface area (Å²) < 4.78 is 4.50. The van der Waals surface area contributed by atoms with Gasteiger partial charge in [-0.25, -0.2) is 0 Å². The van der Waals surface area contributed by atoms with Crippen LogP contribution < -0.4 is 14.9 Å². The molecular weight excluding hydrogens is 504 g/mol. The summed E-state index contributed by atoms with van der Waals surface area (Å²) in [7, 11) is 2.07. The van der Waals surface area contributed by atoms with Gasteiger partial charge in [-0.15, -0.1) is 0 Å². The Morgan fingerprint density at radius 2 is 1.85 bits per heavy atom. The number of amides is 1. The van der Waals surface area contributed by atoms with Gasteiger partial charge >= 0.3 is 0 Å². The summed E-state index contributed by atoms with van der Waals surface area (Å²) in [6.45, 7) is 6.23. The molecule has 0 radical (unpaired) electrons. The molecule has 3 aromatic carbocycles. The van der Waals surface area contributed by atoms with E-state index >= 15 is 0 Å². The fourth-order valence-corrected chi connectivity index (χ4v) is 6.20. The number of hydrogen-bond acceptors (Lipinski definition) is 5. The number of carbonyl (C=O) groups is 1. The van der Waals surface area contributed by atoms with Crippen molar-refractivity contribution in [2.75, 3.05) is 23.7 Å². The average Bonchev–Trinajstić information content (AvgIpc) is 3.22. The van der Waals surface area contributed by atoms with Gasteiger partial charge in [0.2, 0.25) is 0 Å². The molecule has 0 fully saturated rings. The van der Waals surface area contributed by atoms with Crippen LogP contribution in [0.2, 0.25) is 0 Å². The molecule has 1 aliphatic rings. The lowest BCUT2D eigenvalue weighted by atomic mass is 9.99. The Morgan fingerprint density at radius 1 is 1.08 bits per heavy atom. The second kappa shape index (κ2) is 12.3. The van der Waals surface area contributed by atoms with E-state index in [4.69, 9.17) is 0 Å². The highest BCUT2D eigenvalue weighted by atomic mass is 32.2. The molecule has 2 atom stereocenters. The molecule has 0 aliphatic carbocycles. The summed E-state index contributed by atoms with van der Waals surface area (Å²) in [4.78, 5) is 13.7. The predicted octanol–water partition coefficient (Wildman–Crippen LogP) is 5.10. The van der Waals surface area contributed by atoms with E-state index in [0.29, 0.717) is 25.1 Å². The quantitative estimate of drug-likeness (QED) is 0.243. The Morgan fingerprint density at radius 3 is 2.62 bits per heavy atom. The van der Waals surface area contributed by atoms with Crippen LogP contribution in [0.15, 0.2) is 72.9 Å². The zero-order valence-corrected chi connectivity index (χ0v) is 23.8. The third-order valence-corrected chi connectivity index (χ3v) is 8.59. The summed E-state index contributed by atoms with van der Waals surface area (Å²) in [5.74, 6) is 0.824. The van der Waals surface area contributed by atoms with E-state index in [1.807, 2.05) is 54.6 Å². The third kappa shape index (κ3) is 6.16. The smallest absolute Gasteiger partial charge is 0.251 e. The molecule has 1 aliphatic heterocycles. The van der Waals surface area contributed by atoms with Crippen molar-refractivity contribution >= 4 is 34.4 Å². The van der Waals surface area contributed by atoms with Gasteiger partial charge in [0.1, 0.15) is 0 Å². The number of benzene rings is 3. The molecule has 5 rings (SSSR count). The number of rotatable bonds is 10. The average molecular weight is 543 g/mol. The molecule has 204 valence electrons. The Labute approximate surface area is 235 Å². The minimum Gasteiger partial charge on any atom is -0.390 e. The van der Waals surface area contributed by atoms with E-state index in [2.05, 4.69) is 58.7 Å². The van der Waals surface area contributed by atoms with Gasteiger partial charge < -0.3 is 24.6 Å². The van der Waals surface area contributed by atoms with Crippen molar-refractivity contribution in [3.63, 3.8) is 0 Å². The standard InChI is InChI=1S/C32H38N4O2S/c1-4-24-21-36-14-15-39-35(3)29-18-26(17-27(24)31(29)36)32(38)34-28(16-23-11-6-5-7-12-23)30(37)20-33-19-25-13-9-8-10-22(25)2/h5-13,17-18,21,28,30,33,37H,4,14-16,19-20H2,1-3H3,(H,34,38)/t28-,30+/m0/s1. The van der Waals surface area contributed by atoms with Crippen molar-refractivity contribution in [3.8, 4) is 0 Å². The fourth-order valence-electron chi connectivity index (χ4n) is 5.37. The Hall–Kier alpha value is -3.26. The molecule has 7 heteroatoms. The maximum Gasteiger partial charge on any atom is 0.251 e. The highest BCUT2D eigenvalue weighted by molar-refractivity contribution is 8.00. The van der Waals surface area contributed by atoms with Crippen molar-refractivity contribution < 1.29 is 9.90 Å². The normalized spacial score (nSPS) is 14.7. The largest absolute Gasteiger partial charge is 0.390 e. The molecule has 0 spiro atoms. The molecular formula is C32H38N4O2S. The van der Waals surface area contributed by atoms with E-state index in [0.717, 1.165) is 35.4 Å². The van der Waals surface area contributed by atoms with E-state index in [1.54, 1.807) is 11.9 Å². The molecule has 2 heterocycles. The third-order valence-electron chi connectivity index (χ3n) is 7.64. The molecule has 1 amide bonds. The van der Waals surface area contributed by atoms with Crippen molar-refractivity contribution in [2.45, 2.75) is 51.9 Å². The number of aliphatic hydroxyl groups is 1. The van der Waals surface area contributed by atoms with Crippen molar-refractivity contribution in [1.82, 2.24) is 15.2 Å². The summed E-state index contributed by atoms with van der Waals surface area (Å²) in [5, 5.41) is 19.0. The highest BCUT2D eigenvalue weighted by Crippen LogP contribution is 2.37. The second-order valence-electron chi connectivity index (χ2n) is 10.3. The van der Waals surface area contributed by atoms with E-state index < -0.39 is 12.1 Å². The maximum absolute atomic E-state index is 13.7. The van der Waals surface area contributed by atoms with Crippen LogP contribution in [0.25, 0.3) is 10.9 Å². The van der Waals surface area contributed by atoms with Gasteiger partial charge in [-0.05, 0) is 66.1 Å². The first-order valence-electron chi connectivity index (χ1n) is 13.7. The number of nitrogens with zero attached hydrogens (tertiary/aromatic N) is 2. The molecule has 1 aromatic heterocycles. The van der Waals surface area contributed by atoms with Gasteiger partial charge in [0.25, 0.3) is 5.91 Å². The Kier molecular flexibility index (Phi) is 8.60. The van der Waals surface area contributed by atoms with Crippen LogP contribution >= 0.6 is 11.9 Å². The van der Waals surface area contributed by atoms with Gasteiger partial charge in [0.05, 0.1) is 23.3 Å². The molecule has 0 bridgehead atoms. The summed E-state index contributed by atoms with van der Waals surface area (Å²) in [6, 6.07) is 21.8. The second-order valence-corrected chi connectivity index (χ2v) is 11.5. The first-order chi connectivity index (χ1) is 18.9. The lowest BCUT2D eigenvalue weighted by Gasteiger charge is -2.25. The number of aromatic nitrogens is 1. The van der Waals surface area contributed by atoms with Gasteiger partial charge in [-0.3, -0.25) is 4.79 Å². The zero-order chi connectivity index (χ0) is 27.4. The first-order valence-corrected chi connectivity index (χ1v) is 14.7. The molecule has 4 aromatic rings. The van der Waals surface area contributed by atoms with E-state index in [1.165, 1.54) is 22.2 Å². The summed E-state index contributed by atoms with van der Waals surface area (Å²) in [6.07, 6.45) is 2.93. The molecule has 6 nitrogen and oxygen atoms in total. The zero-order valence-electron chi connectivity index (χ0n) is 23.0. The summed E-state index contributed by atoms with van der Waals surface area (Å²) in [5.41, 5.74) is 7.61. The molecule has 0 unspecified atom stereocenters. The Balaban J connectivity index is 1.38. The number of carbonyl (C=O) groups excluding carboxylic acids is 1. The number of aliphatic hydroxyl groups excluding tert-OH is 1. The van der Waals surface area contributed by atoms with Crippen LogP contribution in [-0.4, -0.2) is 47.1 Å². The van der Waals surface area contributed by atoms with Crippen LogP contribution in [0.4, 0.5) is 5.69 Å². The van der Waals surface area contributed by atoms with Gasteiger partial charge in [-0.1, -0.05) is 61.5 Å². The Bertz CT molecular complexity index is 1440. The van der Waals surface area contributed by atoms with Crippen LogP contribution in [0.1, 0.15) is 39.5 Å². The topological polar surface area (TPSA) is 69.5 Å². The first kappa shape index (κ1) is 27.3. The predicted molar refractivity (Wildman–Crippen MR) is 162 cm³/mol. The molecule has 3 N–H and O–H groups in total. The lowest BCUT2D eigenvalue weighted by molar-refractivity contribution is 0.0830. The monoisotopic (exact) mass is 542 g/mol. The van der Waals surface area contributed by atoms with E-state index in [-0.39, 0.29) is 5.91 Å². The summed E-state index contributed by atoms with van der Waals surface area (Å²) >= 11 is 1.77. The number of aryl methyl sites for hydroxylation is 3. The number of anilines is 1. The van der Waals surface area contributed by atoms with Crippen molar-refractivity contribution in [1.29, 1.82) is 0 Å². The number of hydrogen-bond donors (Lipinski definition) is 3. The molecule has 0 saturated carbocycles. The SMILES string of the molecule is CCc1cn2c3c(cc(C(=O)N[C@@H](Cc4ccccc4)[C@H](O)CNCc4ccccc4C)cc13)N(C)SCC2. The van der Waals surface area contributed by atoms with Crippen LogP contribution in [-0.2, 0) is 25.9 Å². The minimum atomic E-state index is -0.756. The van der Waals surface area contributed by atoms with Gasteiger partial charge in [-0.2, -0.15) is 0 Å². The molecule has 0 saturated heterocycles. The fraction of sp³-hybridized carbons (Fsp3) is 0.344. The van der Waals surface area contributed by atoms with Crippen LogP contribution in [0, 0.1) is 6.92 Å². The number of nitrogens with one attached hydrogen (secondary N) is 2. The van der Waals surface area contributed by atoms with Gasteiger partial charge in [0.15, 0.2) is 0 Å².